The summed E-state index contributed by atoms with van der Waals surface area (Å²) in [6.45, 7) is 6.27. The Balaban J connectivity index is 1.36. The monoisotopic (exact) mass is 492 g/mol. The number of aromatic nitrogens is 2. The van der Waals surface area contributed by atoms with Crippen LogP contribution in [-0.2, 0) is 11.3 Å². The third kappa shape index (κ3) is 5.57. The average molecular weight is 493 g/mol. The summed E-state index contributed by atoms with van der Waals surface area (Å²) < 4.78 is 7.07. The predicted molar refractivity (Wildman–Crippen MR) is 137 cm³/mol. The van der Waals surface area contributed by atoms with Crippen molar-refractivity contribution in [3.8, 4) is 5.75 Å². The van der Waals surface area contributed by atoms with Gasteiger partial charge in [-0.25, -0.2) is 4.68 Å². The third-order valence-electron chi connectivity index (χ3n) is 6.21. The fourth-order valence-electron chi connectivity index (χ4n) is 4.14. The van der Waals surface area contributed by atoms with Crippen LogP contribution in [0.2, 0.25) is 5.15 Å². The molecule has 0 bridgehead atoms. The average Bonchev–Trinajstić information content (AvgIpc) is 3.14. The molecule has 0 unspecified atom stereocenters. The van der Waals surface area contributed by atoms with Crippen LogP contribution >= 0.6 is 11.6 Å². The largest absolute Gasteiger partial charge is 0.496 e. The van der Waals surface area contributed by atoms with Crippen molar-refractivity contribution in [3.05, 3.63) is 87.7 Å². The molecule has 2 aromatic carbocycles. The Morgan fingerprint density at radius 3 is 2.40 bits per heavy atom. The summed E-state index contributed by atoms with van der Waals surface area (Å²) in [6, 6.07) is 15.4. The summed E-state index contributed by atoms with van der Waals surface area (Å²) >= 11 is 6.56. The number of benzene rings is 2. The first-order chi connectivity index (χ1) is 16.9. The van der Waals surface area contributed by atoms with Gasteiger partial charge in [0.2, 0.25) is 5.91 Å². The molecule has 1 aliphatic heterocycles. The van der Waals surface area contributed by atoms with Gasteiger partial charge in [-0.05, 0) is 43.2 Å². The lowest BCUT2D eigenvalue weighted by Crippen LogP contribution is -2.50. The van der Waals surface area contributed by atoms with E-state index >= 15 is 0 Å². The Morgan fingerprint density at radius 2 is 1.71 bits per heavy atom. The van der Waals surface area contributed by atoms with Crippen molar-refractivity contribution >= 4 is 29.5 Å². The van der Waals surface area contributed by atoms with E-state index < -0.39 is 0 Å². The SMILES string of the molecule is COc1cc(C(=O)N2CCN(C(=O)C=Cc3c(C)nn(Cc4ccccc4)c3Cl)CC2)ccc1C. The second kappa shape index (κ2) is 10.8. The van der Waals surface area contributed by atoms with Gasteiger partial charge in [-0.15, -0.1) is 0 Å². The maximum absolute atomic E-state index is 12.9. The van der Waals surface area contributed by atoms with E-state index in [1.807, 2.05) is 56.3 Å². The predicted octanol–water partition coefficient (Wildman–Crippen LogP) is 4.21. The van der Waals surface area contributed by atoms with E-state index in [1.54, 1.807) is 33.7 Å². The highest BCUT2D eigenvalue weighted by Gasteiger charge is 2.24. The van der Waals surface area contributed by atoms with Crippen LogP contribution in [0, 0.1) is 13.8 Å². The molecule has 7 nitrogen and oxygen atoms in total. The lowest BCUT2D eigenvalue weighted by molar-refractivity contribution is -0.127. The highest BCUT2D eigenvalue weighted by atomic mass is 35.5. The highest BCUT2D eigenvalue weighted by Crippen LogP contribution is 2.23. The van der Waals surface area contributed by atoms with E-state index in [0.29, 0.717) is 49.2 Å². The standard InChI is InChI=1S/C27H29ClN4O3/c1-19-9-10-22(17-24(19)35-3)27(34)31-15-13-30(14-16-31)25(33)12-11-23-20(2)29-32(26(23)28)18-21-7-5-4-6-8-21/h4-12,17H,13-16,18H2,1-3H3. The topological polar surface area (TPSA) is 67.7 Å². The van der Waals surface area contributed by atoms with Crippen LogP contribution in [0.1, 0.15) is 32.7 Å². The third-order valence-corrected chi connectivity index (χ3v) is 6.61. The van der Waals surface area contributed by atoms with Crippen LogP contribution in [0.5, 0.6) is 5.75 Å². The van der Waals surface area contributed by atoms with Gasteiger partial charge in [0.25, 0.3) is 5.91 Å². The molecule has 0 N–H and O–H groups in total. The molecule has 0 spiro atoms. The van der Waals surface area contributed by atoms with Crippen LogP contribution in [0.15, 0.2) is 54.6 Å². The molecule has 1 saturated heterocycles. The van der Waals surface area contributed by atoms with E-state index in [1.165, 1.54) is 6.08 Å². The number of piperazine rings is 1. The molecule has 4 rings (SSSR count). The normalized spacial score (nSPS) is 13.9. The number of halogens is 1. The van der Waals surface area contributed by atoms with Crippen molar-refractivity contribution in [1.29, 1.82) is 0 Å². The molecule has 1 fully saturated rings. The maximum Gasteiger partial charge on any atom is 0.254 e. The van der Waals surface area contributed by atoms with Crippen LogP contribution < -0.4 is 4.74 Å². The van der Waals surface area contributed by atoms with Gasteiger partial charge < -0.3 is 14.5 Å². The van der Waals surface area contributed by atoms with Gasteiger partial charge in [-0.3, -0.25) is 9.59 Å². The fourth-order valence-corrected chi connectivity index (χ4v) is 4.44. The van der Waals surface area contributed by atoms with Gasteiger partial charge in [0.1, 0.15) is 10.9 Å². The summed E-state index contributed by atoms with van der Waals surface area (Å²) in [5.74, 6) is 0.524. The number of hydrogen-bond acceptors (Lipinski definition) is 4. The fraction of sp³-hybridized carbons (Fsp3) is 0.296. The molecule has 1 aliphatic rings. The molecular weight excluding hydrogens is 464 g/mol. The van der Waals surface area contributed by atoms with Gasteiger partial charge in [-0.2, -0.15) is 5.10 Å². The van der Waals surface area contributed by atoms with Gasteiger partial charge in [0, 0.05) is 43.4 Å². The molecule has 182 valence electrons. The minimum Gasteiger partial charge on any atom is -0.496 e. The summed E-state index contributed by atoms with van der Waals surface area (Å²) in [6.07, 6.45) is 3.26. The summed E-state index contributed by atoms with van der Waals surface area (Å²) in [4.78, 5) is 29.2. The van der Waals surface area contributed by atoms with Crippen molar-refractivity contribution in [2.24, 2.45) is 0 Å². The molecule has 2 amide bonds. The first-order valence-corrected chi connectivity index (χ1v) is 11.9. The van der Waals surface area contributed by atoms with Crippen molar-refractivity contribution in [2.45, 2.75) is 20.4 Å². The van der Waals surface area contributed by atoms with E-state index in [2.05, 4.69) is 5.10 Å². The number of amides is 2. The van der Waals surface area contributed by atoms with Crippen molar-refractivity contribution < 1.29 is 14.3 Å². The Labute approximate surface area is 210 Å². The van der Waals surface area contributed by atoms with Crippen LogP contribution in [-0.4, -0.2) is 64.7 Å². The van der Waals surface area contributed by atoms with Gasteiger partial charge >= 0.3 is 0 Å². The van der Waals surface area contributed by atoms with Crippen molar-refractivity contribution in [1.82, 2.24) is 19.6 Å². The first-order valence-electron chi connectivity index (χ1n) is 11.5. The number of carbonyl (C=O) groups excluding carboxylic acids is 2. The number of methoxy groups -OCH3 is 1. The number of aryl methyl sites for hydroxylation is 2. The zero-order valence-corrected chi connectivity index (χ0v) is 21.0. The lowest BCUT2D eigenvalue weighted by Gasteiger charge is -2.34. The van der Waals surface area contributed by atoms with Crippen molar-refractivity contribution in [3.63, 3.8) is 0 Å². The second-order valence-electron chi connectivity index (χ2n) is 8.57. The van der Waals surface area contributed by atoms with E-state index in [0.717, 1.165) is 22.4 Å². The van der Waals surface area contributed by atoms with E-state index in [-0.39, 0.29) is 11.8 Å². The molecule has 3 aromatic rings. The number of rotatable bonds is 6. The number of hydrogen-bond donors (Lipinski definition) is 0. The molecule has 8 heteroatoms. The number of nitrogens with zero attached hydrogens (tertiary/aromatic N) is 4. The Bertz CT molecular complexity index is 1240. The molecule has 1 aromatic heterocycles. The highest BCUT2D eigenvalue weighted by molar-refractivity contribution is 6.31. The second-order valence-corrected chi connectivity index (χ2v) is 8.93. The molecule has 0 atom stereocenters. The van der Waals surface area contributed by atoms with Crippen molar-refractivity contribution in [2.75, 3.05) is 33.3 Å². The maximum atomic E-state index is 12.9. The lowest BCUT2D eigenvalue weighted by atomic mass is 10.1. The van der Waals surface area contributed by atoms with Gasteiger partial charge in [-0.1, -0.05) is 48.0 Å². The Kier molecular flexibility index (Phi) is 7.56. The quantitative estimate of drug-likeness (QED) is 0.483. The molecule has 2 heterocycles. The molecule has 0 radical (unpaired) electrons. The molecule has 35 heavy (non-hydrogen) atoms. The van der Waals surface area contributed by atoms with Crippen LogP contribution in [0.25, 0.3) is 6.08 Å². The zero-order chi connectivity index (χ0) is 24.9. The summed E-state index contributed by atoms with van der Waals surface area (Å²) in [5, 5.41) is 5.03. The van der Waals surface area contributed by atoms with Crippen LogP contribution in [0.4, 0.5) is 0 Å². The molecular formula is C27H29ClN4O3. The van der Waals surface area contributed by atoms with E-state index in [9.17, 15) is 9.59 Å². The molecule has 0 saturated carbocycles. The Hall–Kier alpha value is -3.58. The number of ether oxygens (including phenoxy) is 1. The Morgan fingerprint density at radius 1 is 1.03 bits per heavy atom. The smallest absolute Gasteiger partial charge is 0.254 e. The minimum atomic E-state index is -0.111. The summed E-state index contributed by atoms with van der Waals surface area (Å²) in [5.41, 5.74) is 4.16. The zero-order valence-electron chi connectivity index (χ0n) is 20.2. The van der Waals surface area contributed by atoms with Gasteiger partial charge in [0.05, 0.1) is 19.3 Å². The van der Waals surface area contributed by atoms with E-state index in [4.69, 9.17) is 16.3 Å². The first kappa shape index (κ1) is 24.5. The van der Waals surface area contributed by atoms with Crippen LogP contribution in [0.3, 0.4) is 0 Å². The molecule has 0 aliphatic carbocycles. The van der Waals surface area contributed by atoms with Gasteiger partial charge in [0.15, 0.2) is 0 Å². The summed E-state index contributed by atoms with van der Waals surface area (Å²) in [7, 11) is 1.59. The minimum absolute atomic E-state index is 0.0563. The number of carbonyl (C=O) groups is 2.